The van der Waals surface area contributed by atoms with Gasteiger partial charge in [0.1, 0.15) is 5.82 Å². The quantitative estimate of drug-likeness (QED) is 0.700. The number of anilines is 2. The molecule has 1 saturated heterocycles. The molecule has 3 rings (SSSR count). The third-order valence-electron chi connectivity index (χ3n) is 6.39. The fourth-order valence-electron chi connectivity index (χ4n) is 4.42. The van der Waals surface area contributed by atoms with E-state index in [9.17, 15) is 4.79 Å². The van der Waals surface area contributed by atoms with Crippen molar-refractivity contribution in [2.75, 3.05) is 51.6 Å². The van der Waals surface area contributed by atoms with Crippen molar-refractivity contribution in [3.05, 3.63) is 11.8 Å². The summed E-state index contributed by atoms with van der Waals surface area (Å²) in [6.45, 7) is 4.19. The second-order valence-corrected chi connectivity index (χ2v) is 8.91. The average molecular weight is 419 g/mol. The first-order valence-corrected chi connectivity index (χ1v) is 11.2. The maximum Gasteiger partial charge on any atom is 0.226 e. The monoisotopic (exact) mass is 418 g/mol. The van der Waals surface area contributed by atoms with Gasteiger partial charge in [-0.3, -0.25) is 4.79 Å². The van der Waals surface area contributed by atoms with E-state index in [0.717, 1.165) is 63.1 Å². The summed E-state index contributed by atoms with van der Waals surface area (Å²) < 4.78 is 5.75. The van der Waals surface area contributed by atoms with E-state index >= 15 is 0 Å². The van der Waals surface area contributed by atoms with Crippen LogP contribution >= 0.6 is 0 Å². The highest BCUT2D eigenvalue weighted by Crippen LogP contribution is 2.29. The minimum Gasteiger partial charge on any atom is -0.379 e. The van der Waals surface area contributed by atoms with Crippen LogP contribution in [-0.2, 0) is 16.0 Å². The number of hydrogen-bond donors (Lipinski definition) is 2. The van der Waals surface area contributed by atoms with Gasteiger partial charge in [-0.1, -0.05) is 6.92 Å². The number of hydrogen-bond acceptors (Lipinski definition) is 7. The van der Waals surface area contributed by atoms with Crippen LogP contribution in [0, 0.1) is 5.92 Å². The number of methoxy groups -OCH3 is 1. The molecule has 0 aromatic carbocycles. The van der Waals surface area contributed by atoms with E-state index in [1.807, 2.05) is 25.1 Å². The SMILES string of the molecule is CCc1cc(N[C@@H]2C[C@@H](C(=O)NC3CCN(C)CC3)CC[C@H]2OC)nc(N(C)C)n1. The zero-order valence-electron chi connectivity index (χ0n) is 19.1. The molecule has 1 amide bonds. The number of nitrogens with zero attached hydrogens (tertiary/aromatic N) is 4. The number of aryl methyl sites for hydroxylation is 1. The lowest BCUT2D eigenvalue weighted by Gasteiger charge is -2.37. The second-order valence-electron chi connectivity index (χ2n) is 8.91. The molecular formula is C22H38N6O2. The van der Waals surface area contributed by atoms with Crippen LogP contribution in [-0.4, -0.2) is 80.3 Å². The van der Waals surface area contributed by atoms with Crippen LogP contribution in [0.25, 0.3) is 0 Å². The lowest BCUT2D eigenvalue weighted by Crippen LogP contribution is -2.49. The van der Waals surface area contributed by atoms with Gasteiger partial charge in [0.05, 0.1) is 12.1 Å². The van der Waals surface area contributed by atoms with Crippen LogP contribution in [0.2, 0.25) is 0 Å². The molecule has 2 heterocycles. The number of likely N-dealkylation sites (tertiary alicyclic amines) is 1. The highest BCUT2D eigenvalue weighted by atomic mass is 16.5. The molecule has 168 valence electrons. The Morgan fingerprint density at radius 3 is 2.60 bits per heavy atom. The lowest BCUT2D eigenvalue weighted by molar-refractivity contribution is -0.128. The summed E-state index contributed by atoms with van der Waals surface area (Å²) in [6.07, 6.45) is 5.46. The molecule has 2 fully saturated rings. The minimum atomic E-state index is 0.00866. The third-order valence-corrected chi connectivity index (χ3v) is 6.39. The molecule has 0 radical (unpaired) electrons. The molecule has 0 bridgehead atoms. The molecule has 2 aliphatic rings. The minimum absolute atomic E-state index is 0.00866. The Labute approximate surface area is 180 Å². The van der Waals surface area contributed by atoms with Gasteiger partial charge < -0.3 is 25.2 Å². The first-order valence-electron chi connectivity index (χ1n) is 11.2. The number of nitrogens with one attached hydrogen (secondary N) is 2. The standard InChI is InChI=1S/C22H38N6O2/c1-6-16-14-20(26-22(24-16)27(2)3)25-18-13-15(7-8-19(18)30-5)21(29)23-17-9-11-28(4)12-10-17/h14-15,17-19H,6-13H2,1-5H3,(H,23,29)(H,24,25,26)/t15-,18+,19+/m0/s1. The maximum atomic E-state index is 13.0. The van der Waals surface area contributed by atoms with Crippen molar-refractivity contribution >= 4 is 17.7 Å². The summed E-state index contributed by atoms with van der Waals surface area (Å²) in [5.41, 5.74) is 0.998. The number of piperidine rings is 1. The smallest absolute Gasteiger partial charge is 0.226 e. The van der Waals surface area contributed by atoms with Gasteiger partial charge in [0, 0.05) is 44.9 Å². The molecule has 1 aromatic rings. The van der Waals surface area contributed by atoms with Crippen molar-refractivity contribution in [2.24, 2.45) is 5.92 Å². The molecule has 3 atom stereocenters. The average Bonchev–Trinajstić information content (AvgIpc) is 2.75. The lowest BCUT2D eigenvalue weighted by atomic mass is 9.82. The van der Waals surface area contributed by atoms with Crippen molar-refractivity contribution in [3.8, 4) is 0 Å². The topological polar surface area (TPSA) is 82.6 Å². The number of carbonyl (C=O) groups is 1. The van der Waals surface area contributed by atoms with E-state index in [1.165, 1.54) is 0 Å². The summed E-state index contributed by atoms with van der Waals surface area (Å²) in [7, 11) is 7.78. The molecule has 8 nitrogen and oxygen atoms in total. The number of amides is 1. The van der Waals surface area contributed by atoms with Crippen molar-refractivity contribution < 1.29 is 9.53 Å². The Balaban J connectivity index is 1.66. The van der Waals surface area contributed by atoms with Crippen molar-refractivity contribution in [1.82, 2.24) is 20.2 Å². The summed E-state index contributed by atoms with van der Waals surface area (Å²) >= 11 is 0. The van der Waals surface area contributed by atoms with E-state index in [2.05, 4.69) is 39.5 Å². The molecule has 8 heteroatoms. The van der Waals surface area contributed by atoms with Crippen molar-refractivity contribution in [2.45, 2.75) is 63.6 Å². The fraction of sp³-hybridized carbons (Fsp3) is 0.773. The molecule has 0 spiro atoms. The van der Waals surface area contributed by atoms with Gasteiger partial charge in [-0.25, -0.2) is 4.98 Å². The highest BCUT2D eigenvalue weighted by molar-refractivity contribution is 5.79. The Bertz CT molecular complexity index is 705. The van der Waals surface area contributed by atoms with Crippen molar-refractivity contribution in [3.63, 3.8) is 0 Å². The summed E-state index contributed by atoms with van der Waals surface area (Å²) in [4.78, 5) is 26.4. The van der Waals surface area contributed by atoms with Gasteiger partial charge in [0.15, 0.2) is 0 Å². The molecule has 1 aromatic heterocycles. The van der Waals surface area contributed by atoms with E-state index in [4.69, 9.17) is 4.74 Å². The van der Waals surface area contributed by atoms with E-state index in [1.54, 1.807) is 7.11 Å². The van der Waals surface area contributed by atoms with Gasteiger partial charge in [-0.2, -0.15) is 4.98 Å². The number of carbonyl (C=O) groups excluding carboxylic acids is 1. The first kappa shape index (κ1) is 22.7. The zero-order valence-corrected chi connectivity index (χ0v) is 19.1. The van der Waals surface area contributed by atoms with Gasteiger partial charge >= 0.3 is 0 Å². The predicted molar refractivity (Wildman–Crippen MR) is 120 cm³/mol. The van der Waals surface area contributed by atoms with Crippen LogP contribution < -0.4 is 15.5 Å². The van der Waals surface area contributed by atoms with Crippen LogP contribution in [0.3, 0.4) is 0 Å². The second kappa shape index (κ2) is 10.4. The third kappa shape index (κ3) is 5.82. The molecule has 1 aliphatic heterocycles. The molecule has 2 N–H and O–H groups in total. The van der Waals surface area contributed by atoms with Crippen LogP contribution in [0.1, 0.15) is 44.7 Å². The molecule has 30 heavy (non-hydrogen) atoms. The summed E-state index contributed by atoms with van der Waals surface area (Å²) in [5, 5.41) is 6.86. The van der Waals surface area contributed by atoms with Gasteiger partial charge in [0.25, 0.3) is 0 Å². The van der Waals surface area contributed by atoms with Crippen LogP contribution in [0.15, 0.2) is 6.07 Å². The summed E-state index contributed by atoms with van der Waals surface area (Å²) in [5.74, 6) is 1.69. The van der Waals surface area contributed by atoms with Gasteiger partial charge in [-0.05, 0) is 58.7 Å². The van der Waals surface area contributed by atoms with Crippen LogP contribution in [0.4, 0.5) is 11.8 Å². The van der Waals surface area contributed by atoms with Gasteiger partial charge in [0.2, 0.25) is 11.9 Å². The molecule has 1 saturated carbocycles. The summed E-state index contributed by atoms with van der Waals surface area (Å²) in [6, 6.07) is 2.35. The Kier molecular flexibility index (Phi) is 7.88. The highest BCUT2D eigenvalue weighted by Gasteiger charge is 2.35. The van der Waals surface area contributed by atoms with Crippen LogP contribution in [0.5, 0.6) is 0 Å². The predicted octanol–water partition coefficient (Wildman–Crippen LogP) is 1.91. The molecule has 0 unspecified atom stereocenters. The van der Waals surface area contributed by atoms with E-state index in [0.29, 0.717) is 12.0 Å². The Hall–Kier alpha value is -1.93. The normalized spacial score (nSPS) is 25.7. The van der Waals surface area contributed by atoms with Gasteiger partial charge in [-0.15, -0.1) is 0 Å². The largest absolute Gasteiger partial charge is 0.379 e. The zero-order chi connectivity index (χ0) is 21.7. The molecule has 1 aliphatic carbocycles. The number of ether oxygens (including phenoxy) is 1. The Morgan fingerprint density at radius 2 is 1.97 bits per heavy atom. The molecular weight excluding hydrogens is 380 g/mol. The number of aromatic nitrogens is 2. The maximum absolute atomic E-state index is 13.0. The van der Waals surface area contributed by atoms with Crippen molar-refractivity contribution in [1.29, 1.82) is 0 Å². The fourth-order valence-corrected chi connectivity index (χ4v) is 4.42. The number of rotatable bonds is 7. The first-order chi connectivity index (χ1) is 14.4. The van der Waals surface area contributed by atoms with E-state index in [-0.39, 0.29) is 24.0 Å². The Morgan fingerprint density at radius 1 is 1.23 bits per heavy atom. The van der Waals surface area contributed by atoms with E-state index < -0.39 is 0 Å².